The number of aliphatic hydroxyl groups is 1. The van der Waals surface area contributed by atoms with E-state index in [0.717, 1.165) is 9.35 Å². The lowest BCUT2D eigenvalue weighted by molar-refractivity contribution is 0.223. The molecule has 0 radical (unpaired) electrons. The number of aliphatic hydroxyl groups excluding tert-OH is 1. The standard InChI is InChI=1S/C13H12BrClO3S/c1-17-8-3-7(4-9(5-8)18-2)12(16)11-6-10(14)13(15)19-11/h3-6,12,16H,1-2H3. The normalized spacial score (nSPS) is 12.3. The van der Waals surface area contributed by atoms with Crippen LogP contribution in [0.2, 0.25) is 4.34 Å². The van der Waals surface area contributed by atoms with Crippen LogP contribution in [-0.4, -0.2) is 19.3 Å². The van der Waals surface area contributed by atoms with Crippen molar-refractivity contribution in [3.05, 3.63) is 43.5 Å². The summed E-state index contributed by atoms with van der Waals surface area (Å²) in [6, 6.07) is 7.11. The fourth-order valence-corrected chi connectivity index (χ4v) is 3.40. The van der Waals surface area contributed by atoms with Gasteiger partial charge in [0.1, 0.15) is 21.9 Å². The monoisotopic (exact) mass is 362 g/mol. The smallest absolute Gasteiger partial charge is 0.122 e. The van der Waals surface area contributed by atoms with Crippen LogP contribution in [-0.2, 0) is 0 Å². The Morgan fingerprint density at radius 1 is 1.16 bits per heavy atom. The largest absolute Gasteiger partial charge is 0.497 e. The van der Waals surface area contributed by atoms with Gasteiger partial charge in [-0.25, -0.2) is 0 Å². The zero-order valence-electron chi connectivity index (χ0n) is 10.3. The van der Waals surface area contributed by atoms with Crippen LogP contribution in [0.3, 0.4) is 0 Å². The fraction of sp³-hybridized carbons (Fsp3) is 0.231. The topological polar surface area (TPSA) is 38.7 Å². The number of hydrogen-bond donors (Lipinski definition) is 1. The summed E-state index contributed by atoms with van der Waals surface area (Å²) >= 11 is 10.7. The van der Waals surface area contributed by atoms with Gasteiger partial charge in [0.25, 0.3) is 0 Å². The van der Waals surface area contributed by atoms with Gasteiger partial charge in [-0.15, -0.1) is 11.3 Å². The quantitative estimate of drug-likeness (QED) is 0.882. The predicted octanol–water partition coefficient (Wildman–Crippen LogP) is 4.26. The summed E-state index contributed by atoms with van der Waals surface area (Å²) in [6.07, 6.45) is -0.766. The zero-order chi connectivity index (χ0) is 14.0. The van der Waals surface area contributed by atoms with E-state index in [-0.39, 0.29) is 0 Å². The summed E-state index contributed by atoms with van der Waals surface area (Å²) in [5, 5.41) is 10.4. The lowest BCUT2D eigenvalue weighted by Crippen LogP contribution is -1.99. The Bertz CT molecular complexity index is 544. The Morgan fingerprint density at radius 2 is 1.74 bits per heavy atom. The maximum absolute atomic E-state index is 10.4. The maximum Gasteiger partial charge on any atom is 0.122 e. The van der Waals surface area contributed by atoms with E-state index in [1.807, 2.05) is 6.07 Å². The van der Waals surface area contributed by atoms with E-state index in [0.29, 0.717) is 21.4 Å². The molecule has 1 heterocycles. The number of thiophene rings is 1. The van der Waals surface area contributed by atoms with Crippen molar-refractivity contribution >= 4 is 38.9 Å². The second-order valence-electron chi connectivity index (χ2n) is 3.82. The third-order valence-electron chi connectivity index (χ3n) is 2.62. The number of methoxy groups -OCH3 is 2. The van der Waals surface area contributed by atoms with Crippen LogP contribution in [0.4, 0.5) is 0 Å². The molecule has 0 bridgehead atoms. The minimum atomic E-state index is -0.766. The molecule has 0 aliphatic rings. The molecule has 3 nitrogen and oxygen atoms in total. The molecule has 1 N–H and O–H groups in total. The van der Waals surface area contributed by atoms with E-state index in [1.165, 1.54) is 11.3 Å². The molecule has 2 rings (SSSR count). The first-order chi connectivity index (χ1) is 9.05. The Hall–Kier alpha value is -0.750. The Morgan fingerprint density at radius 3 is 2.16 bits per heavy atom. The molecule has 0 spiro atoms. The first-order valence-corrected chi connectivity index (χ1v) is 7.39. The van der Waals surface area contributed by atoms with Crippen LogP contribution in [0.15, 0.2) is 28.7 Å². The second-order valence-corrected chi connectivity index (χ2v) is 6.36. The van der Waals surface area contributed by atoms with Crippen molar-refractivity contribution in [2.45, 2.75) is 6.10 Å². The van der Waals surface area contributed by atoms with Crippen molar-refractivity contribution < 1.29 is 14.6 Å². The second kappa shape index (κ2) is 6.13. The minimum absolute atomic E-state index is 0.615. The van der Waals surface area contributed by atoms with E-state index in [4.69, 9.17) is 21.1 Å². The number of benzene rings is 1. The highest BCUT2D eigenvalue weighted by atomic mass is 79.9. The van der Waals surface area contributed by atoms with Gasteiger partial charge in [0, 0.05) is 15.4 Å². The first-order valence-electron chi connectivity index (χ1n) is 5.41. The number of halogens is 2. The summed E-state index contributed by atoms with van der Waals surface area (Å²) in [5.41, 5.74) is 0.696. The zero-order valence-corrected chi connectivity index (χ0v) is 13.5. The Kier molecular flexibility index (Phi) is 4.73. The SMILES string of the molecule is COc1cc(OC)cc(C(O)c2cc(Br)c(Cl)s2)c1. The van der Waals surface area contributed by atoms with Crippen LogP contribution in [0.5, 0.6) is 11.5 Å². The molecule has 0 aliphatic carbocycles. The maximum atomic E-state index is 10.4. The van der Waals surface area contributed by atoms with Crippen molar-refractivity contribution in [2.75, 3.05) is 14.2 Å². The fourth-order valence-electron chi connectivity index (χ4n) is 1.65. The molecule has 102 valence electrons. The van der Waals surface area contributed by atoms with E-state index in [9.17, 15) is 5.11 Å². The molecular weight excluding hydrogens is 352 g/mol. The van der Waals surface area contributed by atoms with Crippen LogP contribution >= 0.6 is 38.9 Å². The van der Waals surface area contributed by atoms with Gasteiger partial charge in [-0.05, 0) is 39.7 Å². The molecule has 0 amide bonds. The third kappa shape index (κ3) is 3.23. The molecule has 0 fully saturated rings. The Balaban J connectivity index is 2.39. The lowest BCUT2D eigenvalue weighted by atomic mass is 10.1. The molecule has 1 aromatic heterocycles. The van der Waals surface area contributed by atoms with Crippen LogP contribution in [0.25, 0.3) is 0 Å². The van der Waals surface area contributed by atoms with Gasteiger partial charge in [0.15, 0.2) is 0 Å². The highest BCUT2D eigenvalue weighted by Crippen LogP contribution is 2.38. The van der Waals surface area contributed by atoms with Gasteiger partial charge < -0.3 is 14.6 Å². The van der Waals surface area contributed by atoms with Crippen molar-refractivity contribution in [3.8, 4) is 11.5 Å². The summed E-state index contributed by atoms with van der Waals surface area (Å²) < 4.78 is 11.8. The highest BCUT2D eigenvalue weighted by molar-refractivity contribution is 9.10. The summed E-state index contributed by atoms with van der Waals surface area (Å²) in [7, 11) is 3.15. The molecule has 1 aromatic carbocycles. The van der Waals surface area contributed by atoms with Gasteiger partial charge in [0.05, 0.1) is 14.2 Å². The molecule has 2 aromatic rings. The van der Waals surface area contributed by atoms with Crippen LogP contribution in [0, 0.1) is 0 Å². The summed E-state index contributed by atoms with van der Waals surface area (Å²) in [4.78, 5) is 0.757. The van der Waals surface area contributed by atoms with Gasteiger partial charge >= 0.3 is 0 Å². The van der Waals surface area contributed by atoms with E-state index in [1.54, 1.807) is 32.4 Å². The van der Waals surface area contributed by atoms with Gasteiger partial charge in [-0.1, -0.05) is 11.6 Å². The number of rotatable bonds is 4. The van der Waals surface area contributed by atoms with Gasteiger partial charge in [-0.2, -0.15) is 0 Å². The van der Waals surface area contributed by atoms with E-state index >= 15 is 0 Å². The van der Waals surface area contributed by atoms with E-state index in [2.05, 4.69) is 15.9 Å². The van der Waals surface area contributed by atoms with Gasteiger partial charge in [0.2, 0.25) is 0 Å². The number of hydrogen-bond acceptors (Lipinski definition) is 4. The predicted molar refractivity (Wildman–Crippen MR) is 80.6 cm³/mol. The minimum Gasteiger partial charge on any atom is -0.497 e. The molecule has 1 unspecified atom stereocenters. The van der Waals surface area contributed by atoms with Crippen molar-refractivity contribution in [1.29, 1.82) is 0 Å². The Labute approximate surface area is 128 Å². The number of ether oxygens (including phenoxy) is 2. The molecular formula is C13H12BrClO3S. The molecule has 1 atom stereocenters. The molecule has 6 heteroatoms. The van der Waals surface area contributed by atoms with Crippen molar-refractivity contribution in [3.63, 3.8) is 0 Å². The third-order valence-corrected chi connectivity index (χ3v) is 5.15. The summed E-state index contributed by atoms with van der Waals surface area (Å²) in [6.45, 7) is 0. The van der Waals surface area contributed by atoms with Crippen molar-refractivity contribution in [2.24, 2.45) is 0 Å². The van der Waals surface area contributed by atoms with Crippen LogP contribution < -0.4 is 9.47 Å². The lowest BCUT2D eigenvalue weighted by Gasteiger charge is -2.12. The van der Waals surface area contributed by atoms with Crippen LogP contribution in [0.1, 0.15) is 16.5 Å². The molecule has 19 heavy (non-hydrogen) atoms. The van der Waals surface area contributed by atoms with E-state index < -0.39 is 6.10 Å². The van der Waals surface area contributed by atoms with Gasteiger partial charge in [-0.3, -0.25) is 0 Å². The van der Waals surface area contributed by atoms with Crippen molar-refractivity contribution in [1.82, 2.24) is 0 Å². The molecule has 0 saturated carbocycles. The highest BCUT2D eigenvalue weighted by Gasteiger charge is 2.17. The summed E-state index contributed by atoms with van der Waals surface area (Å²) in [5.74, 6) is 1.27. The first kappa shape index (κ1) is 14.7. The molecule has 0 saturated heterocycles. The molecule has 0 aliphatic heterocycles. The average Bonchev–Trinajstić information content (AvgIpc) is 2.77. The average molecular weight is 364 g/mol.